The molecule has 16 heavy (non-hydrogen) atoms. The lowest BCUT2D eigenvalue weighted by Crippen LogP contribution is -2.34. The lowest BCUT2D eigenvalue weighted by molar-refractivity contribution is 0.217. The van der Waals surface area contributed by atoms with Gasteiger partial charge in [-0.1, -0.05) is 47.5 Å². The average molecular weight is 227 g/mol. The molecule has 0 aliphatic rings. The largest absolute Gasteiger partial charge is 0.316 e. The van der Waals surface area contributed by atoms with E-state index in [1.807, 2.05) is 0 Å². The second-order valence-corrected chi connectivity index (χ2v) is 5.67. The average Bonchev–Trinajstić information content (AvgIpc) is 2.27. The summed E-state index contributed by atoms with van der Waals surface area (Å²) in [5.41, 5.74) is 0.560. The maximum absolute atomic E-state index is 3.62. The van der Waals surface area contributed by atoms with E-state index in [2.05, 4.69) is 39.9 Å². The molecule has 0 atom stereocenters. The van der Waals surface area contributed by atoms with Gasteiger partial charge in [0.2, 0.25) is 0 Å². The van der Waals surface area contributed by atoms with E-state index in [4.69, 9.17) is 0 Å². The molecule has 0 radical (unpaired) electrons. The van der Waals surface area contributed by atoms with Gasteiger partial charge in [-0.05, 0) is 43.6 Å². The SMILES string of the molecule is CCCNCC(CC)(CC)CCCC(C)C. The molecule has 0 amide bonds. The van der Waals surface area contributed by atoms with Crippen LogP contribution in [-0.2, 0) is 0 Å². The van der Waals surface area contributed by atoms with Crippen molar-refractivity contribution >= 4 is 0 Å². The number of nitrogens with one attached hydrogen (secondary N) is 1. The van der Waals surface area contributed by atoms with Crippen LogP contribution in [0.5, 0.6) is 0 Å². The zero-order valence-electron chi connectivity index (χ0n) is 12.2. The van der Waals surface area contributed by atoms with Gasteiger partial charge in [-0.3, -0.25) is 0 Å². The molecular formula is C15H33N. The second-order valence-electron chi connectivity index (χ2n) is 5.67. The van der Waals surface area contributed by atoms with Crippen molar-refractivity contribution in [3.63, 3.8) is 0 Å². The fourth-order valence-corrected chi connectivity index (χ4v) is 2.36. The van der Waals surface area contributed by atoms with Crippen molar-refractivity contribution in [1.29, 1.82) is 0 Å². The molecule has 1 nitrogen and oxygen atoms in total. The first-order valence-electron chi connectivity index (χ1n) is 7.31. The summed E-state index contributed by atoms with van der Waals surface area (Å²) in [5.74, 6) is 0.856. The summed E-state index contributed by atoms with van der Waals surface area (Å²) < 4.78 is 0. The Balaban J connectivity index is 3.99. The van der Waals surface area contributed by atoms with E-state index in [1.165, 1.54) is 51.6 Å². The zero-order valence-corrected chi connectivity index (χ0v) is 12.2. The number of rotatable bonds is 10. The molecular weight excluding hydrogens is 194 g/mol. The molecule has 0 aromatic rings. The summed E-state index contributed by atoms with van der Waals surface area (Å²) in [5, 5.41) is 3.62. The smallest absolute Gasteiger partial charge is 0.000760 e. The normalized spacial score (nSPS) is 12.4. The van der Waals surface area contributed by atoms with Crippen LogP contribution in [0.25, 0.3) is 0 Å². The fraction of sp³-hybridized carbons (Fsp3) is 1.00. The predicted molar refractivity (Wildman–Crippen MR) is 74.9 cm³/mol. The number of hydrogen-bond donors (Lipinski definition) is 1. The molecule has 0 heterocycles. The lowest BCUT2D eigenvalue weighted by atomic mass is 9.77. The quantitative estimate of drug-likeness (QED) is 0.537. The van der Waals surface area contributed by atoms with Gasteiger partial charge in [0.05, 0.1) is 0 Å². The van der Waals surface area contributed by atoms with Crippen LogP contribution in [0.2, 0.25) is 0 Å². The van der Waals surface area contributed by atoms with Crippen molar-refractivity contribution in [2.45, 2.75) is 73.1 Å². The maximum atomic E-state index is 3.62. The Hall–Kier alpha value is -0.0400. The minimum absolute atomic E-state index is 0.560. The highest BCUT2D eigenvalue weighted by molar-refractivity contribution is 4.79. The van der Waals surface area contributed by atoms with Crippen LogP contribution < -0.4 is 5.32 Å². The summed E-state index contributed by atoms with van der Waals surface area (Å²) in [6, 6.07) is 0. The van der Waals surface area contributed by atoms with Crippen LogP contribution in [0, 0.1) is 11.3 Å². The minimum atomic E-state index is 0.560. The molecule has 1 heteroatoms. The first-order valence-corrected chi connectivity index (χ1v) is 7.31. The summed E-state index contributed by atoms with van der Waals surface area (Å²) in [4.78, 5) is 0. The molecule has 98 valence electrons. The summed E-state index contributed by atoms with van der Waals surface area (Å²) in [6.07, 6.45) is 8.06. The molecule has 0 saturated carbocycles. The van der Waals surface area contributed by atoms with E-state index in [0.29, 0.717) is 5.41 Å². The van der Waals surface area contributed by atoms with Crippen molar-refractivity contribution < 1.29 is 0 Å². The molecule has 0 spiro atoms. The van der Waals surface area contributed by atoms with Crippen molar-refractivity contribution in [2.75, 3.05) is 13.1 Å². The monoisotopic (exact) mass is 227 g/mol. The van der Waals surface area contributed by atoms with Crippen molar-refractivity contribution in [3.8, 4) is 0 Å². The summed E-state index contributed by atoms with van der Waals surface area (Å²) in [6.45, 7) is 14.0. The van der Waals surface area contributed by atoms with Crippen LogP contribution in [0.4, 0.5) is 0 Å². The van der Waals surface area contributed by atoms with Crippen molar-refractivity contribution in [1.82, 2.24) is 5.32 Å². The third-order valence-electron chi connectivity index (χ3n) is 3.92. The van der Waals surface area contributed by atoms with Crippen LogP contribution in [-0.4, -0.2) is 13.1 Å². The highest BCUT2D eigenvalue weighted by atomic mass is 14.9. The Morgan fingerprint density at radius 2 is 1.69 bits per heavy atom. The molecule has 0 fully saturated rings. The van der Waals surface area contributed by atoms with Gasteiger partial charge in [0.1, 0.15) is 0 Å². The first kappa shape index (κ1) is 16.0. The molecule has 0 bridgehead atoms. The Morgan fingerprint density at radius 3 is 2.12 bits per heavy atom. The van der Waals surface area contributed by atoms with Crippen LogP contribution >= 0.6 is 0 Å². The first-order chi connectivity index (χ1) is 7.60. The van der Waals surface area contributed by atoms with Gasteiger partial charge in [-0.15, -0.1) is 0 Å². The molecule has 0 aliphatic heterocycles. The van der Waals surface area contributed by atoms with Crippen LogP contribution in [0.3, 0.4) is 0 Å². The van der Waals surface area contributed by atoms with Gasteiger partial charge >= 0.3 is 0 Å². The second kappa shape index (κ2) is 9.04. The van der Waals surface area contributed by atoms with Crippen molar-refractivity contribution in [3.05, 3.63) is 0 Å². The Bertz CT molecular complexity index is 148. The fourth-order valence-electron chi connectivity index (χ4n) is 2.36. The zero-order chi connectivity index (χ0) is 12.4. The highest BCUT2D eigenvalue weighted by Crippen LogP contribution is 2.32. The van der Waals surface area contributed by atoms with Crippen LogP contribution in [0.15, 0.2) is 0 Å². The molecule has 0 aliphatic carbocycles. The minimum Gasteiger partial charge on any atom is -0.316 e. The molecule has 0 rings (SSSR count). The van der Waals surface area contributed by atoms with Gasteiger partial charge < -0.3 is 5.32 Å². The predicted octanol–water partition coefficient (Wildman–Crippen LogP) is 4.62. The topological polar surface area (TPSA) is 12.0 Å². The standard InChI is InChI=1S/C15H33N/c1-6-12-16-13-15(7-2,8-3)11-9-10-14(4)5/h14,16H,6-13H2,1-5H3. The highest BCUT2D eigenvalue weighted by Gasteiger charge is 2.24. The van der Waals surface area contributed by atoms with E-state index < -0.39 is 0 Å². The van der Waals surface area contributed by atoms with Crippen molar-refractivity contribution in [2.24, 2.45) is 11.3 Å². The van der Waals surface area contributed by atoms with E-state index in [1.54, 1.807) is 0 Å². The Kier molecular flexibility index (Phi) is 9.02. The van der Waals surface area contributed by atoms with Gasteiger partial charge in [0.15, 0.2) is 0 Å². The van der Waals surface area contributed by atoms with Crippen LogP contribution in [0.1, 0.15) is 73.1 Å². The van der Waals surface area contributed by atoms with E-state index in [9.17, 15) is 0 Å². The van der Waals surface area contributed by atoms with Gasteiger partial charge in [-0.2, -0.15) is 0 Å². The Labute approximate surface area is 103 Å². The molecule has 0 unspecified atom stereocenters. The molecule has 0 saturated heterocycles. The lowest BCUT2D eigenvalue weighted by Gasteiger charge is -2.32. The third-order valence-corrected chi connectivity index (χ3v) is 3.92. The maximum Gasteiger partial charge on any atom is 0.000760 e. The van der Waals surface area contributed by atoms with E-state index in [0.717, 1.165) is 5.92 Å². The molecule has 1 N–H and O–H groups in total. The van der Waals surface area contributed by atoms with Gasteiger partial charge in [-0.25, -0.2) is 0 Å². The van der Waals surface area contributed by atoms with E-state index >= 15 is 0 Å². The third kappa shape index (κ3) is 6.52. The summed E-state index contributed by atoms with van der Waals surface area (Å²) >= 11 is 0. The van der Waals surface area contributed by atoms with Gasteiger partial charge in [0.25, 0.3) is 0 Å². The Morgan fingerprint density at radius 1 is 1.06 bits per heavy atom. The molecule has 0 aromatic heterocycles. The molecule has 0 aromatic carbocycles. The number of hydrogen-bond acceptors (Lipinski definition) is 1. The van der Waals surface area contributed by atoms with Gasteiger partial charge in [0, 0.05) is 6.54 Å². The summed E-state index contributed by atoms with van der Waals surface area (Å²) in [7, 11) is 0. The van der Waals surface area contributed by atoms with E-state index in [-0.39, 0.29) is 0 Å².